The van der Waals surface area contributed by atoms with Crippen molar-refractivity contribution in [1.82, 2.24) is 14.7 Å². The number of carbonyl (C=O) groups excluding carboxylic acids is 2. The van der Waals surface area contributed by atoms with Crippen LogP contribution in [0, 0.1) is 11.3 Å². The number of hydrogen-bond donors (Lipinski definition) is 2. The van der Waals surface area contributed by atoms with Crippen LogP contribution in [0.2, 0.25) is 0 Å². The SMILES string of the molecule is CCCCN(CCCO)C(=O)CN1CC(c2cc(OC)c3c(c2)OCO3)C(C(=O)O)C1CCN1CCC(C)(C)C1=O. The molecule has 11 nitrogen and oxygen atoms in total. The molecule has 1 aromatic rings. The third-order valence-electron chi connectivity index (χ3n) is 8.77. The summed E-state index contributed by atoms with van der Waals surface area (Å²) >= 11 is 0. The van der Waals surface area contributed by atoms with E-state index in [-0.39, 0.29) is 31.8 Å². The second kappa shape index (κ2) is 13.3. The molecule has 228 valence electrons. The molecule has 11 heteroatoms. The number of rotatable bonds is 14. The summed E-state index contributed by atoms with van der Waals surface area (Å²) in [5, 5.41) is 19.9. The molecular weight excluding hydrogens is 530 g/mol. The van der Waals surface area contributed by atoms with Gasteiger partial charge in [-0.25, -0.2) is 0 Å². The zero-order valence-electron chi connectivity index (χ0n) is 24.8. The topological polar surface area (TPSA) is 129 Å². The van der Waals surface area contributed by atoms with Crippen LogP contribution in [0.5, 0.6) is 17.2 Å². The Labute approximate surface area is 242 Å². The third kappa shape index (κ3) is 6.72. The summed E-state index contributed by atoms with van der Waals surface area (Å²) in [6.07, 6.45) is 3.48. The summed E-state index contributed by atoms with van der Waals surface area (Å²) in [4.78, 5) is 45.0. The van der Waals surface area contributed by atoms with E-state index >= 15 is 0 Å². The van der Waals surface area contributed by atoms with Gasteiger partial charge in [0.1, 0.15) is 0 Å². The molecule has 1 aromatic carbocycles. The number of aliphatic carboxylic acids is 1. The molecule has 0 aliphatic carbocycles. The van der Waals surface area contributed by atoms with Crippen LogP contribution in [0.4, 0.5) is 0 Å². The highest BCUT2D eigenvalue weighted by Gasteiger charge is 2.48. The Balaban J connectivity index is 1.63. The molecular formula is C30H45N3O8. The Bertz CT molecular complexity index is 1100. The zero-order valence-corrected chi connectivity index (χ0v) is 24.8. The number of unbranched alkanes of at least 4 members (excludes halogenated alkanes) is 1. The van der Waals surface area contributed by atoms with E-state index in [4.69, 9.17) is 14.2 Å². The van der Waals surface area contributed by atoms with Gasteiger partial charge in [-0.15, -0.1) is 0 Å². The molecule has 3 aliphatic heterocycles. The Morgan fingerprint density at radius 2 is 1.95 bits per heavy atom. The third-order valence-corrected chi connectivity index (χ3v) is 8.77. The molecule has 3 heterocycles. The van der Waals surface area contributed by atoms with Gasteiger partial charge in [0.05, 0.1) is 19.6 Å². The van der Waals surface area contributed by atoms with Crippen molar-refractivity contribution in [3.8, 4) is 17.2 Å². The lowest BCUT2D eigenvalue weighted by Crippen LogP contribution is -2.46. The van der Waals surface area contributed by atoms with Crippen LogP contribution >= 0.6 is 0 Å². The largest absolute Gasteiger partial charge is 0.493 e. The minimum absolute atomic E-state index is 0.00242. The zero-order chi connectivity index (χ0) is 29.7. The number of likely N-dealkylation sites (tertiary alicyclic amines) is 2. The minimum atomic E-state index is -0.942. The molecule has 2 saturated heterocycles. The molecule has 3 aliphatic rings. The van der Waals surface area contributed by atoms with Gasteiger partial charge in [-0.3, -0.25) is 19.3 Å². The van der Waals surface area contributed by atoms with E-state index in [1.54, 1.807) is 11.0 Å². The van der Waals surface area contributed by atoms with Gasteiger partial charge in [-0.2, -0.15) is 0 Å². The van der Waals surface area contributed by atoms with E-state index < -0.39 is 29.3 Å². The van der Waals surface area contributed by atoms with Crippen LogP contribution in [-0.4, -0.2) is 109 Å². The Kier molecular flexibility index (Phi) is 10.0. The van der Waals surface area contributed by atoms with Gasteiger partial charge in [0.25, 0.3) is 0 Å². The predicted molar refractivity (Wildman–Crippen MR) is 151 cm³/mol. The van der Waals surface area contributed by atoms with E-state index in [1.807, 2.05) is 29.7 Å². The summed E-state index contributed by atoms with van der Waals surface area (Å²) in [5.41, 5.74) is 0.329. The van der Waals surface area contributed by atoms with E-state index in [1.165, 1.54) is 7.11 Å². The van der Waals surface area contributed by atoms with Crippen molar-refractivity contribution in [3.63, 3.8) is 0 Å². The highest BCUT2D eigenvalue weighted by atomic mass is 16.7. The molecule has 0 aromatic heterocycles. The van der Waals surface area contributed by atoms with Crippen molar-refractivity contribution in [1.29, 1.82) is 0 Å². The summed E-state index contributed by atoms with van der Waals surface area (Å²) in [5.74, 6) is -0.696. The van der Waals surface area contributed by atoms with Crippen LogP contribution in [0.3, 0.4) is 0 Å². The second-order valence-electron chi connectivity index (χ2n) is 12.0. The Hall–Kier alpha value is -3.05. The molecule has 4 rings (SSSR count). The molecule has 0 saturated carbocycles. The van der Waals surface area contributed by atoms with Crippen LogP contribution in [0.1, 0.15) is 64.4 Å². The number of fused-ring (bicyclic) bond motifs is 1. The number of benzene rings is 1. The summed E-state index contributed by atoms with van der Waals surface area (Å²) < 4.78 is 16.7. The Morgan fingerprint density at radius 3 is 2.59 bits per heavy atom. The fourth-order valence-corrected chi connectivity index (χ4v) is 6.35. The van der Waals surface area contributed by atoms with Gasteiger partial charge in [0.2, 0.25) is 24.4 Å². The van der Waals surface area contributed by atoms with Crippen molar-refractivity contribution >= 4 is 17.8 Å². The fraction of sp³-hybridized carbons (Fsp3) is 0.700. The number of ether oxygens (including phenoxy) is 3. The highest BCUT2D eigenvalue weighted by molar-refractivity contribution is 5.84. The number of amides is 2. The number of hydrogen-bond acceptors (Lipinski definition) is 8. The van der Waals surface area contributed by atoms with Crippen LogP contribution in [0.25, 0.3) is 0 Å². The molecule has 3 unspecified atom stereocenters. The fourth-order valence-electron chi connectivity index (χ4n) is 6.35. The van der Waals surface area contributed by atoms with Gasteiger partial charge >= 0.3 is 5.97 Å². The van der Waals surface area contributed by atoms with Gasteiger partial charge in [0, 0.05) is 56.7 Å². The van der Waals surface area contributed by atoms with Crippen molar-refractivity contribution in [2.24, 2.45) is 11.3 Å². The van der Waals surface area contributed by atoms with E-state index in [9.17, 15) is 24.6 Å². The number of aliphatic hydroxyl groups is 1. The lowest BCUT2D eigenvalue weighted by Gasteiger charge is -2.31. The number of methoxy groups -OCH3 is 1. The van der Waals surface area contributed by atoms with Crippen molar-refractivity contribution in [3.05, 3.63) is 17.7 Å². The summed E-state index contributed by atoms with van der Waals surface area (Å²) in [6.45, 7) is 8.56. The molecule has 2 fully saturated rings. The molecule has 2 amide bonds. The van der Waals surface area contributed by atoms with E-state index in [0.29, 0.717) is 62.8 Å². The lowest BCUT2D eigenvalue weighted by atomic mass is 9.84. The smallest absolute Gasteiger partial charge is 0.308 e. The monoisotopic (exact) mass is 575 g/mol. The number of aliphatic hydroxyl groups excluding tert-OH is 1. The van der Waals surface area contributed by atoms with E-state index in [0.717, 1.165) is 24.8 Å². The molecule has 0 radical (unpaired) electrons. The number of nitrogens with zero attached hydrogens (tertiary/aromatic N) is 3. The quantitative estimate of drug-likeness (QED) is 0.344. The van der Waals surface area contributed by atoms with Gasteiger partial charge in [-0.05, 0) is 43.4 Å². The summed E-state index contributed by atoms with van der Waals surface area (Å²) in [7, 11) is 1.53. The maximum absolute atomic E-state index is 13.6. The van der Waals surface area contributed by atoms with Crippen LogP contribution < -0.4 is 14.2 Å². The number of carboxylic acid groups (broad SMARTS) is 1. The molecule has 2 N–H and O–H groups in total. The average Bonchev–Trinajstić information content (AvgIpc) is 3.63. The van der Waals surface area contributed by atoms with Crippen molar-refractivity contribution < 1.29 is 38.8 Å². The normalized spacial score (nSPS) is 23.3. The number of carboxylic acids is 1. The van der Waals surface area contributed by atoms with Gasteiger partial charge in [-0.1, -0.05) is 27.2 Å². The minimum Gasteiger partial charge on any atom is -0.493 e. The molecule has 41 heavy (non-hydrogen) atoms. The first-order chi connectivity index (χ1) is 19.6. The first kappa shape index (κ1) is 30.9. The van der Waals surface area contributed by atoms with Crippen LogP contribution in [0.15, 0.2) is 12.1 Å². The number of carbonyl (C=O) groups is 3. The van der Waals surface area contributed by atoms with Gasteiger partial charge in [0.15, 0.2) is 11.5 Å². The van der Waals surface area contributed by atoms with Crippen LogP contribution in [-0.2, 0) is 14.4 Å². The molecule has 0 spiro atoms. The van der Waals surface area contributed by atoms with Crippen molar-refractivity contribution in [2.45, 2.75) is 64.8 Å². The maximum Gasteiger partial charge on any atom is 0.308 e. The molecule has 3 atom stereocenters. The highest BCUT2D eigenvalue weighted by Crippen LogP contribution is 2.47. The predicted octanol–water partition coefficient (Wildman–Crippen LogP) is 2.55. The maximum atomic E-state index is 13.6. The first-order valence-electron chi connectivity index (χ1n) is 14.7. The van der Waals surface area contributed by atoms with Crippen molar-refractivity contribution in [2.75, 3.05) is 59.8 Å². The standard InChI is InChI=1S/C30H45N3O8/c1-5-6-10-31(11-7-14-34)25(35)18-33-17-21(20-15-23(39-4)27-24(16-20)40-19-41-27)26(28(36)37)22(33)8-12-32-13-9-30(2,3)29(32)38/h15-16,21-22,26,34H,5-14,17-19H2,1-4H3,(H,36,37). The van der Waals surface area contributed by atoms with E-state index in [2.05, 4.69) is 6.92 Å². The molecule has 0 bridgehead atoms. The Morgan fingerprint density at radius 1 is 1.20 bits per heavy atom. The average molecular weight is 576 g/mol. The summed E-state index contributed by atoms with van der Waals surface area (Å²) in [6, 6.07) is 3.16. The van der Waals surface area contributed by atoms with Gasteiger partial charge < -0.3 is 34.2 Å². The second-order valence-corrected chi connectivity index (χ2v) is 12.0. The first-order valence-corrected chi connectivity index (χ1v) is 14.7. The lowest BCUT2D eigenvalue weighted by molar-refractivity contribution is -0.144.